The number of para-hydroxylation sites is 1. The van der Waals surface area contributed by atoms with Crippen molar-refractivity contribution in [1.29, 1.82) is 0 Å². The topological polar surface area (TPSA) is 87.7 Å². The number of nitrogens with zero attached hydrogens (tertiary/aromatic N) is 1. The van der Waals surface area contributed by atoms with Gasteiger partial charge in [-0.05, 0) is 38.8 Å². The molecule has 7 nitrogen and oxygen atoms in total. The largest absolute Gasteiger partial charge is 0.444 e. The third-order valence-corrected chi connectivity index (χ3v) is 3.49. The average Bonchev–Trinajstić information content (AvgIpc) is 2.53. The van der Waals surface area contributed by atoms with Crippen molar-refractivity contribution in [2.75, 3.05) is 25.5 Å². The molecule has 26 heavy (non-hydrogen) atoms. The summed E-state index contributed by atoms with van der Waals surface area (Å²) in [4.78, 5) is 37.1. The Bertz CT molecular complexity index is 638. The average molecular weight is 363 g/mol. The van der Waals surface area contributed by atoms with Gasteiger partial charge in [0, 0.05) is 25.7 Å². The maximum Gasteiger partial charge on any atom is 0.407 e. The van der Waals surface area contributed by atoms with Crippen LogP contribution in [0.3, 0.4) is 0 Å². The predicted octanol–water partition coefficient (Wildman–Crippen LogP) is 2.56. The van der Waals surface area contributed by atoms with E-state index >= 15 is 0 Å². The number of alkyl carbamates (subject to hydrolysis) is 1. The van der Waals surface area contributed by atoms with Crippen LogP contribution >= 0.6 is 0 Å². The Morgan fingerprint density at radius 1 is 1.15 bits per heavy atom. The summed E-state index contributed by atoms with van der Waals surface area (Å²) in [5.74, 6) is -0.498. The number of rotatable bonds is 7. The van der Waals surface area contributed by atoms with Gasteiger partial charge < -0.3 is 20.3 Å². The van der Waals surface area contributed by atoms with Crippen LogP contribution in [-0.4, -0.2) is 48.5 Å². The van der Waals surface area contributed by atoms with Gasteiger partial charge in [0.15, 0.2) is 0 Å². The van der Waals surface area contributed by atoms with Crippen molar-refractivity contribution in [2.24, 2.45) is 0 Å². The molecule has 0 bridgehead atoms. The van der Waals surface area contributed by atoms with Crippen molar-refractivity contribution >= 4 is 23.6 Å². The maximum absolute atomic E-state index is 12.1. The van der Waals surface area contributed by atoms with Crippen molar-refractivity contribution < 1.29 is 19.1 Å². The molecule has 0 saturated heterocycles. The molecule has 0 atom stereocenters. The van der Waals surface area contributed by atoms with Crippen molar-refractivity contribution in [3.05, 3.63) is 29.8 Å². The molecule has 0 aromatic heterocycles. The number of likely N-dealkylation sites (N-methyl/N-ethyl adjacent to an activating group) is 1. The fourth-order valence-corrected chi connectivity index (χ4v) is 2.22. The van der Waals surface area contributed by atoms with E-state index in [1.165, 1.54) is 4.90 Å². The Labute approximate surface area is 155 Å². The zero-order chi connectivity index (χ0) is 19.7. The summed E-state index contributed by atoms with van der Waals surface area (Å²) in [6.07, 6.45) is 0.331. The molecule has 7 heteroatoms. The Hall–Kier alpha value is -2.57. The second kappa shape index (κ2) is 9.79. The molecule has 0 fully saturated rings. The van der Waals surface area contributed by atoms with Crippen LogP contribution in [0, 0.1) is 0 Å². The first kappa shape index (κ1) is 21.5. The molecule has 144 valence electrons. The van der Waals surface area contributed by atoms with Crippen molar-refractivity contribution in [3.63, 3.8) is 0 Å². The highest BCUT2D eigenvalue weighted by molar-refractivity contribution is 5.95. The van der Waals surface area contributed by atoms with Crippen LogP contribution in [0.5, 0.6) is 0 Å². The Balaban J connectivity index is 2.39. The molecule has 1 rings (SSSR count). The summed E-state index contributed by atoms with van der Waals surface area (Å²) in [5, 5.41) is 5.35. The summed E-state index contributed by atoms with van der Waals surface area (Å²) in [7, 11) is 1.56. The molecule has 2 N–H and O–H groups in total. The number of carbonyl (C=O) groups is 3. The SMILES string of the molecule is CCc1ccccc1NC(=O)CN(C)C(=O)CCNC(=O)OC(C)(C)C. The number of aryl methyl sites for hydroxylation is 1. The van der Waals surface area contributed by atoms with Crippen molar-refractivity contribution in [2.45, 2.75) is 46.1 Å². The Morgan fingerprint density at radius 2 is 1.81 bits per heavy atom. The number of hydrogen-bond donors (Lipinski definition) is 2. The van der Waals surface area contributed by atoms with Crippen LogP contribution in [0.2, 0.25) is 0 Å². The molecule has 0 heterocycles. The standard InChI is InChI=1S/C19H29N3O4/c1-6-14-9-7-8-10-15(14)21-16(23)13-22(5)17(24)11-12-20-18(25)26-19(2,3)4/h7-10H,6,11-13H2,1-5H3,(H,20,25)(H,21,23). The highest BCUT2D eigenvalue weighted by atomic mass is 16.6. The lowest BCUT2D eigenvalue weighted by molar-refractivity contribution is -0.133. The third-order valence-electron chi connectivity index (χ3n) is 3.49. The summed E-state index contributed by atoms with van der Waals surface area (Å²) in [5.41, 5.74) is 1.21. The molecular formula is C19H29N3O4. The highest BCUT2D eigenvalue weighted by Gasteiger charge is 2.17. The normalized spacial score (nSPS) is 10.8. The lowest BCUT2D eigenvalue weighted by Crippen LogP contribution is -2.38. The minimum Gasteiger partial charge on any atom is -0.444 e. The minimum atomic E-state index is -0.586. The molecule has 0 radical (unpaired) electrons. The number of anilines is 1. The third kappa shape index (κ3) is 8.00. The number of amides is 3. The van der Waals surface area contributed by atoms with E-state index in [4.69, 9.17) is 4.74 Å². The molecule has 0 aliphatic carbocycles. The molecule has 0 aliphatic heterocycles. The van der Waals surface area contributed by atoms with Gasteiger partial charge >= 0.3 is 6.09 Å². The van der Waals surface area contributed by atoms with Gasteiger partial charge in [0.05, 0.1) is 6.54 Å². The summed E-state index contributed by atoms with van der Waals surface area (Å²) in [6, 6.07) is 7.56. The van der Waals surface area contributed by atoms with E-state index in [0.717, 1.165) is 17.7 Å². The lowest BCUT2D eigenvalue weighted by Gasteiger charge is -2.20. The highest BCUT2D eigenvalue weighted by Crippen LogP contribution is 2.15. The van der Waals surface area contributed by atoms with Crippen LogP contribution in [0.1, 0.15) is 39.7 Å². The van der Waals surface area contributed by atoms with Crippen LogP contribution in [-0.2, 0) is 20.7 Å². The molecule has 3 amide bonds. The van der Waals surface area contributed by atoms with Gasteiger partial charge in [-0.3, -0.25) is 9.59 Å². The van der Waals surface area contributed by atoms with E-state index in [1.807, 2.05) is 31.2 Å². The maximum atomic E-state index is 12.1. The number of nitrogens with one attached hydrogen (secondary N) is 2. The summed E-state index contributed by atoms with van der Waals surface area (Å²) >= 11 is 0. The first-order valence-corrected chi connectivity index (χ1v) is 8.71. The monoisotopic (exact) mass is 363 g/mol. The quantitative estimate of drug-likeness (QED) is 0.779. The molecule has 0 spiro atoms. The Kier molecular flexibility index (Phi) is 8.09. The fraction of sp³-hybridized carbons (Fsp3) is 0.526. The predicted molar refractivity (Wildman–Crippen MR) is 101 cm³/mol. The van der Waals surface area contributed by atoms with Gasteiger partial charge in [-0.2, -0.15) is 0 Å². The lowest BCUT2D eigenvalue weighted by atomic mass is 10.1. The van der Waals surface area contributed by atoms with Gasteiger partial charge in [0.25, 0.3) is 0 Å². The van der Waals surface area contributed by atoms with Crippen LogP contribution in [0.4, 0.5) is 10.5 Å². The van der Waals surface area contributed by atoms with E-state index in [2.05, 4.69) is 10.6 Å². The number of ether oxygens (including phenoxy) is 1. The van der Waals surface area contributed by atoms with Crippen LogP contribution in [0.15, 0.2) is 24.3 Å². The molecule has 0 aliphatic rings. The molecule has 1 aromatic rings. The fourth-order valence-electron chi connectivity index (χ4n) is 2.22. The molecule has 0 saturated carbocycles. The smallest absolute Gasteiger partial charge is 0.407 e. The van der Waals surface area contributed by atoms with E-state index in [1.54, 1.807) is 27.8 Å². The zero-order valence-corrected chi connectivity index (χ0v) is 16.2. The number of benzene rings is 1. The number of hydrogen-bond acceptors (Lipinski definition) is 4. The first-order chi connectivity index (χ1) is 12.1. The summed E-state index contributed by atoms with van der Waals surface area (Å²) in [6.45, 7) is 7.41. The first-order valence-electron chi connectivity index (χ1n) is 8.71. The van der Waals surface area contributed by atoms with Crippen LogP contribution < -0.4 is 10.6 Å². The van der Waals surface area contributed by atoms with Crippen molar-refractivity contribution in [3.8, 4) is 0 Å². The van der Waals surface area contributed by atoms with Crippen LogP contribution in [0.25, 0.3) is 0 Å². The summed E-state index contributed by atoms with van der Waals surface area (Å²) < 4.78 is 5.09. The second-order valence-corrected chi connectivity index (χ2v) is 6.99. The molecule has 0 unspecified atom stereocenters. The molecule has 1 aromatic carbocycles. The second-order valence-electron chi connectivity index (χ2n) is 6.99. The van der Waals surface area contributed by atoms with E-state index in [9.17, 15) is 14.4 Å². The van der Waals surface area contributed by atoms with Gasteiger partial charge in [0.2, 0.25) is 11.8 Å². The van der Waals surface area contributed by atoms with Gasteiger partial charge in [-0.1, -0.05) is 25.1 Å². The Morgan fingerprint density at radius 3 is 2.42 bits per heavy atom. The number of carbonyl (C=O) groups excluding carboxylic acids is 3. The zero-order valence-electron chi connectivity index (χ0n) is 16.2. The minimum absolute atomic E-state index is 0.0523. The van der Waals surface area contributed by atoms with Crippen molar-refractivity contribution in [1.82, 2.24) is 10.2 Å². The molecular weight excluding hydrogens is 334 g/mol. The van der Waals surface area contributed by atoms with E-state index in [0.29, 0.717) is 0 Å². The van der Waals surface area contributed by atoms with Gasteiger partial charge in [-0.15, -0.1) is 0 Å². The van der Waals surface area contributed by atoms with E-state index in [-0.39, 0.29) is 31.3 Å². The van der Waals surface area contributed by atoms with Gasteiger partial charge in [0.1, 0.15) is 5.60 Å². The van der Waals surface area contributed by atoms with Gasteiger partial charge in [-0.25, -0.2) is 4.79 Å². The van der Waals surface area contributed by atoms with E-state index < -0.39 is 11.7 Å².